The van der Waals surface area contributed by atoms with Gasteiger partial charge in [0.15, 0.2) is 5.82 Å². The summed E-state index contributed by atoms with van der Waals surface area (Å²) in [7, 11) is -3.96. The zero-order chi connectivity index (χ0) is 20.1. The Balaban J connectivity index is 1.77. The van der Waals surface area contributed by atoms with Gasteiger partial charge < -0.3 is 9.84 Å². The van der Waals surface area contributed by atoms with E-state index in [9.17, 15) is 18.5 Å². The second kappa shape index (κ2) is 8.05. The topological polar surface area (TPSA) is 140 Å². The SMILES string of the molecule is Cc1noc(CCNc2ccc(S(=O)(=O)Nc3ccccc3)cc2[N+](=O)[O-])n1. The molecule has 10 nitrogen and oxygen atoms in total. The van der Waals surface area contributed by atoms with Gasteiger partial charge in [0.25, 0.3) is 15.7 Å². The van der Waals surface area contributed by atoms with Crippen LogP contribution in [0.2, 0.25) is 0 Å². The second-order valence-electron chi connectivity index (χ2n) is 5.82. The largest absolute Gasteiger partial charge is 0.379 e. The second-order valence-corrected chi connectivity index (χ2v) is 7.50. The molecule has 146 valence electrons. The van der Waals surface area contributed by atoms with Gasteiger partial charge in [0.05, 0.1) is 9.82 Å². The van der Waals surface area contributed by atoms with Gasteiger partial charge in [-0.1, -0.05) is 23.4 Å². The van der Waals surface area contributed by atoms with E-state index in [0.717, 1.165) is 6.07 Å². The average molecular weight is 403 g/mol. The minimum Gasteiger partial charge on any atom is -0.379 e. The number of hydrogen-bond acceptors (Lipinski definition) is 8. The molecule has 0 radical (unpaired) electrons. The number of aryl methyl sites for hydroxylation is 1. The van der Waals surface area contributed by atoms with Crippen LogP contribution in [0.5, 0.6) is 0 Å². The molecule has 0 saturated carbocycles. The van der Waals surface area contributed by atoms with Gasteiger partial charge in [0.2, 0.25) is 5.89 Å². The lowest BCUT2D eigenvalue weighted by atomic mass is 10.2. The molecular weight excluding hydrogens is 386 g/mol. The molecule has 0 amide bonds. The van der Waals surface area contributed by atoms with Crippen molar-refractivity contribution in [1.82, 2.24) is 10.1 Å². The quantitative estimate of drug-likeness (QED) is 0.432. The van der Waals surface area contributed by atoms with Gasteiger partial charge in [0.1, 0.15) is 5.69 Å². The Kier molecular flexibility index (Phi) is 5.54. The van der Waals surface area contributed by atoms with Crippen molar-refractivity contribution in [2.24, 2.45) is 0 Å². The number of para-hydroxylation sites is 1. The van der Waals surface area contributed by atoms with Crippen LogP contribution in [0, 0.1) is 17.0 Å². The molecule has 0 fully saturated rings. The van der Waals surface area contributed by atoms with Gasteiger partial charge >= 0.3 is 0 Å². The fraction of sp³-hybridized carbons (Fsp3) is 0.176. The van der Waals surface area contributed by atoms with Gasteiger partial charge in [-0.05, 0) is 31.2 Å². The van der Waals surface area contributed by atoms with E-state index in [1.54, 1.807) is 37.3 Å². The van der Waals surface area contributed by atoms with Gasteiger partial charge in [0, 0.05) is 24.7 Å². The number of nitro benzene ring substituents is 1. The number of aromatic nitrogens is 2. The smallest absolute Gasteiger partial charge is 0.293 e. The lowest BCUT2D eigenvalue weighted by Crippen LogP contribution is -2.14. The van der Waals surface area contributed by atoms with Crippen LogP contribution in [0.1, 0.15) is 11.7 Å². The molecule has 1 heterocycles. The Labute approximate surface area is 160 Å². The minimum atomic E-state index is -3.96. The molecule has 0 aliphatic carbocycles. The van der Waals surface area contributed by atoms with Crippen molar-refractivity contribution >= 4 is 27.1 Å². The Bertz CT molecular complexity index is 1080. The van der Waals surface area contributed by atoms with Crippen LogP contribution >= 0.6 is 0 Å². The number of benzene rings is 2. The zero-order valence-electron chi connectivity index (χ0n) is 14.8. The highest BCUT2D eigenvalue weighted by atomic mass is 32.2. The minimum absolute atomic E-state index is 0.194. The molecule has 0 bridgehead atoms. The van der Waals surface area contributed by atoms with Crippen LogP contribution in [0.3, 0.4) is 0 Å². The first-order valence-corrected chi connectivity index (χ1v) is 9.73. The third-order valence-corrected chi connectivity index (χ3v) is 5.11. The van der Waals surface area contributed by atoms with Crippen LogP contribution in [0.4, 0.5) is 17.1 Å². The van der Waals surface area contributed by atoms with Crippen LogP contribution in [-0.2, 0) is 16.4 Å². The van der Waals surface area contributed by atoms with E-state index in [2.05, 4.69) is 20.2 Å². The lowest BCUT2D eigenvalue weighted by Gasteiger charge is -2.10. The number of nitrogens with zero attached hydrogens (tertiary/aromatic N) is 3. The van der Waals surface area contributed by atoms with Crippen molar-refractivity contribution < 1.29 is 17.9 Å². The maximum atomic E-state index is 12.5. The monoisotopic (exact) mass is 403 g/mol. The average Bonchev–Trinajstić information content (AvgIpc) is 3.07. The highest BCUT2D eigenvalue weighted by Gasteiger charge is 2.21. The molecule has 3 aromatic rings. The molecule has 1 aromatic heterocycles. The van der Waals surface area contributed by atoms with Gasteiger partial charge in [-0.25, -0.2) is 8.42 Å². The van der Waals surface area contributed by atoms with E-state index in [-0.39, 0.29) is 16.3 Å². The first kappa shape index (κ1) is 19.3. The maximum absolute atomic E-state index is 12.5. The number of rotatable bonds is 8. The summed E-state index contributed by atoms with van der Waals surface area (Å²) in [6.07, 6.45) is 0.369. The summed E-state index contributed by atoms with van der Waals surface area (Å²) in [6, 6.07) is 12.0. The Morgan fingerprint density at radius 3 is 2.57 bits per heavy atom. The van der Waals surface area contributed by atoms with E-state index < -0.39 is 14.9 Å². The van der Waals surface area contributed by atoms with Crippen molar-refractivity contribution in [1.29, 1.82) is 0 Å². The summed E-state index contributed by atoms with van der Waals surface area (Å²) in [6.45, 7) is 1.99. The number of hydrogen-bond donors (Lipinski definition) is 2. The highest BCUT2D eigenvalue weighted by molar-refractivity contribution is 7.92. The van der Waals surface area contributed by atoms with Gasteiger partial charge in [-0.15, -0.1) is 0 Å². The van der Waals surface area contributed by atoms with E-state index in [0.29, 0.717) is 30.4 Å². The molecule has 2 aromatic carbocycles. The normalized spacial score (nSPS) is 11.2. The summed E-state index contributed by atoms with van der Waals surface area (Å²) in [4.78, 5) is 14.6. The van der Waals surface area contributed by atoms with Crippen molar-refractivity contribution in [2.75, 3.05) is 16.6 Å². The predicted molar refractivity (Wildman–Crippen MR) is 102 cm³/mol. The molecular formula is C17H17N5O5S. The molecule has 0 unspecified atom stereocenters. The summed E-state index contributed by atoms with van der Waals surface area (Å²) in [5, 5.41) is 18.0. The number of sulfonamides is 1. The summed E-state index contributed by atoms with van der Waals surface area (Å²) < 4.78 is 32.4. The van der Waals surface area contributed by atoms with Crippen molar-refractivity contribution in [2.45, 2.75) is 18.2 Å². The first-order chi connectivity index (χ1) is 13.3. The third kappa shape index (κ3) is 4.62. The standard InChI is InChI=1S/C17H17N5O5S/c1-12-19-17(27-20-12)9-10-18-15-8-7-14(11-16(15)22(23)24)28(25,26)21-13-5-3-2-4-6-13/h2-8,11,18,21H,9-10H2,1H3. The van der Waals surface area contributed by atoms with Crippen LogP contribution in [0.25, 0.3) is 0 Å². The number of anilines is 2. The van der Waals surface area contributed by atoms with Crippen LogP contribution in [-0.4, -0.2) is 30.0 Å². The summed E-state index contributed by atoms with van der Waals surface area (Å²) >= 11 is 0. The number of nitrogens with one attached hydrogen (secondary N) is 2. The molecule has 11 heteroatoms. The highest BCUT2D eigenvalue weighted by Crippen LogP contribution is 2.28. The van der Waals surface area contributed by atoms with Crippen LogP contribution in [0.15, 0.2) is 57.9 Å². The molecule has 3 rings (SSSR count). The Hall–Kier alpha value is -3.47. The van der Waals surface area contributed by atoms with E-state index in [1.165, 1.54) is 12.1 Å². The molecule has 0 saturated heterocycles. The van der Waals surface area contributed by atoms with Gasteiger partial charge in [-0.2, -0.15) is 4.98 Å². The Morgan fingerprint density at radius 2 is 1.93 bits per heavy atom. The van der Waals surface area contributed by atoms with Crippen molar-refractivity contribution in [3.63, 3.8) is 0 Å². The molecule has 28 heavy (non-hydrogen) atoms. The Morgan fingerprint density at radius 1 is 1.18 bits per heavy atom. The summed E-state index contributed by atoms with van der Waals surface area (Å²) in [5.74, 6) is 0.903. The molecule has 0 aliphatic heterocycles. The lowest BCUT2D eigenvalue weighted by molar-refractivity contribution is -0.384. The van der Waals surface area contributed by atoms with E-state index >= 15 is 0 Å². The zero-order valence-corrected chi connectivity index (χ0v) is 15.6. The predicted octanol–water partition coefficient (Wildman–Crippen LogP) is 2.74. The number of nitro groups is 1. The van der Waals surface area contributed by atoms with Crippen LogP contribution < -0.4 is 10.0 Å². The van der Waals surface area contributed by atoms with E-state index in [4.69, 9.17) is 4.52 Å². The van der Waals surface area contributed by atoms with E-state index in [1.807, 2.05) is 0 Å². The van der Waals surface area contributed by atoms with Crippen molar-refractivity contribution in [3.05, 3.63) is 70.4 Å². The molecule has 0 atom stereocenters. The fourth-order valence-electron chi connectivity index (χ4n) is 2.45. The molecule has 0 spiro atoms. The third-order valence-electron chi connectivity index (χ3n) is 3.73. The molecule has 0 aliphatic rings. The maximum Gasteiger partial charge on any atom is 0.293 e. The fourth-order valence-corrected chi connectivity index (χ4v) is 3.52. The van der Waals surface area contributed by atoms with Crippen molar-refractivity contribution in [3.8, 4) is 0 Å². The van der Waals surface area contributed by atoms with Gasteiger partial charge in [-0.3, -0.25) is 14.8 Å². The molecule has 2 N–H and O–H groups in total. The first-order valence-electron chi connectivity index (χ1n) is 8.24. The summed E-state index contributed by atoms with van der Waals surface area (Å²) in [5.41, 5.74) is 0.208.